The van der Waals surface area contributed by atoms with Gasteiger partial charge in [-0.2, -0.15) is 0 Å². The van der Waals surface area contributed by atoms with Crippen LogP contribution in [0.3, 0.4) is 0 Å². The zero-order valence-electron chi connectivity index (χ0n) is 13.2. The summed E-state index contributed by atoms with van der Waals surface area (Å²) in [5, 5.41) is 3.45. The van der Waals surface area contributed by atoms with E-state index in [-0.39, 0.29) is 6.10 Å². The summed E-state index contributed by atoms with van der Waals surface area (Å²) in [5.41, 5.74) is 0. The number of rotatable bonds is 9. The third kappa shape index (κ3) is 7.02. The van der Waals surface area contributed by atoms with E-state index < -0.39 is 0 Å². The molecule has 1 aromatic carbocycles. The van der Waals surface area contributed by atoms with Crippen LogP contribution < -0.4 is 14.8 Å². The van der Waals surface area contributed by atoms with E-state index in [0.717, 1.165) is 46.4 Å². The molecular formula is C16H25Br2NO2. The average molecular weight is 423 g/mol. The maximum atomic E-state index is 5.99. The second kappa shape index (κ2) is 9.70. The number of hydrogen-bond acceptors (Lipinski definition) is 3. The molecule has 1 aromatic rings. The van der Waals surface area contributed by atoms with Crippen LogP contribution >= 0.6 is 31.9 Å². The van der Waals surface area contributed by atoms with Gasteiger partial charge in [0.25, 0.3) is 0 Å². The number of benzene rings is 1. The highest BCUT2D eigenvalue weighted by Crippen LogP contribution is 2.36. The lowest BCUT2D eigenvalue weighted by Gasteiger charge is -2.17. The number of hydrogen-bond donors (Lipinski definition) is 1. The van der Waals surface area contributed by atoms with E-state index in [0.29, 0.717) is 5.92 Å². The lowest BCUT2D eigenvalue weighted by Crippen LogP contribution is -2.22. The summed E-state index contributed by atoms with van der Waals surface area (Å²) in [6, 6.07) is 3.85. The van der Waals surface area contributed by atoms with Crippen molar-refractivity contribution in [2.45, 2.75) is 39.7 Å². The molecule has 0 heterocycles. The molecule has 1 rings (SSSR count). The molecule has 0 aromatic heterocycles. The molecular weight excluding hydrogens is 398 g/mol. The van der Waals surface area contributed by atoms with E-state index in [2.05, 4.69) is 57.9 Å². The lowest BCUT2D eigenvalue weighted by atomic mass is 10.2. The van der Waals surface area contributed by atoms with Crippen molar-refractivity contribution < 1.29 is 9.47 Å². The minimum absolute atomic E-state index is 0.183. The predicted molar refractivity (Wildman–Crippen MR) is 95.4 cm³/mol. The van der Waals surface area contributed by atoms with Crippen molar-refractivity contribution in [1.29, 1.82) is 0 Å². The Morgan fingerprint density at radius 3 is 2.33 bits per heavy atom. The molecule has 21 heavy (non-hydrogen) atoms. The van der Waals surface area contributed by atoms with Crippen molar-refractivity contribution in [2.24, 2.45) is 5.92 Å². The normalized spacial score (nSPS) is 12.5. The molecule has 0 spiro atoms. The summed E-state index contributed by atoms with van der Waals surface area (Å²) in [6.45, 7) is 8.66. The first-order valence-corrected chi connectivity index (χ1v) is 8.93. The van der Waals surface area contributed by atoms with Crippen molar-refractivity contribution >= 4 is 31.9 Å². The molecule has 0 saturated carbocycles. The molecule has 120 valence electrons. The summed E-state index contributed by atoms with van der Waals surface area (Å²) >= 11 is 7.00. The summed E-state index contributed by atoms with van der Waals surface area (Å²) < 4.78 is 13.1. The summed E-state index contributed by atoms with van der Waals surface area (Å²) in [7, 11) is 1.65. The van der Waals surface area contributed by atoms with Gasteiger partial charge in [0.15, 0.2) is 0 Å². The zero-order chi connectivity index (χ0) is 15.8. The van der Waals surface area contributed by atoms with Gasteiger partial charge >= 0.3 is 0 Å². The number of methoxy groups -OCH3 is 1. The summed E-state index contributed by atoms with van der Waals surface area (Å²) in [4.78, 5) is 0. The first-order valence-electron chi connectivity index (χ1n) is 7.34. The van der Waals surface area contributed by atoms with Crippen molar-refractivity contribution in [1.82, 2.24) is 5.32 Å². The molecule has 0 aliphatic rings. The Bertz CT molecular complexity index is 439. The highest BCUT2D eigenvalue weighted by molar-refractivity contribution is 9.11. The maximum Gasteiger partial charge on any atom is 0.135 e. The van der Waals surface area contributed by atoms with Crippen molar-refractivity contribution in [3.63, 3.8) is 0 Å². The summed E-state index contributed by atoms with van der Waals surface area (Å²) in [5.74, 6) is 2.33. The van der Waals surface area contributed by atoms with Gasteiger partial charge in [-0.3, -0.25) is 0 Å². The van der Waals surface area contributed by atoms with E-state index in [1.807, 2.05) is 12.1 Å². The quantitative estimate of drug-likeness (QED) is 0.567. The van der Waals surface area contributed by atoms with Gasteiger partial charge in [-0.05, 0) is 82.8 Å². The molecule has 0 amide bonds. The smallest absolute Gasteiger partial charge is 0.135 e. The van der Waals surface area contributed by atoms with Crippen LogP contribution in [0.1, 0.15) is 33.6 Å². The van der Waals surface area contributed by atoms with Crippen LogP contribution in [0, 0.1) is 5.92 Å². The Kier molecular flexibility index (Phi) is 8.67. The molecule has 1 unspecified atom stereocenters. The van der Waals surface area contributed by atoms with Crippen LogP contribution in [0.15, 0.2) is 21.1 Å². The molecule has 1 atom stereocenters. The SMILES string of the molecule is COc1cc(Br)c(OC(C)CCCNCC(C)C)cc1Br. The molecule has 0 saturated heterocycles. The molecule has 0 fully saturated rings. The molecule has 5 heteroatoms. The fourth-order valence-corrected chi connectivity index (χ4v) is 2.84. The van der Waals surface area contributed by atoms with Crippen molar-refractivity contribution in [2.75, 3.05) is 20.2 Å². The van der Waals surface area contributed by atoms with E-state index >= 15 is 0 Å². The van der Waals surface area contributed by atoms with E-state index in [1.165, 1.54) is 0 Å². The number of halogens is 2. The highest BCUT2D eigenvalue weighted by Gasteiger charge is 2.11. The van der Waals surface area contributed by atoms with E-state index in [9.17, 15) is 0 Å². The van der Waals surface area contributed by atoms with Gasteiger partial charge in [-0.25, -0.2) is 0 Å². The van der Waals surface area contributed by atoms with Gasteiger partial charge in [0.05, 0.1) is 22.2 Å². The van der Waals surface area contributed by atoms with Crippen molar-refractivity contribution in [3.05, 3.63) is 21.1 Å². The molecule has 0 bridgehead atoms. The van der Waals surface area contributed by atoms with Crippen LogP contribution in [-0.4, -0.2) is 26.3 Å². The van der Waals surface area contributed by atoms with Crippen LogP contribution in [0.2, 0.25) is 0 Å². The largest absolute Gasteiger partial charge is 0.496 e. The van der Waals surface area contributed by atoms with Gasteiger partial charge in [-0.15, -0.1) is 0 Å². The van der Waals surface area contributed by atoms with Gasteiger partial charge in [0, 0.05) is 0 Å². The minimum atomic E-state index is 0.183. The summed E-state index contributed by atoms with van der Waals surface area (Å²) in [6.07, 6.45) is 2.33. The van der Waals surface area contributed by atoms with Gasteiger partial charge in [0.2, 0.25) is 0 Å². The highest BCUT2D eigenvalue weighted by atomic mass is 79.9. The topological polar surface area (TPSA) is 30.5 Å². The van der Waals surface area contributed by atoms with Crippen molar-refractivity contribution in [3.8, 4) is 11.5 Å². The van der Waals surface area contributed by atoms with Crippen LogP contribution in [-0.2, 0) is 0 Å². The Labute approximate surface area is 145 Å². The second-order valence-corrected chi connectivity index (χ2v) is 7.29. The first-order chi connectivity index (χ1) is 9.93. The zero-order valence-corrected chi connectivity index (χ0v) is 16.4. The molecule has 0 radical (unpaired) electrons. The van der Waals surface area contributed by atoms with Crippen LogP contribution in [0.5, 0.6) is 11.5 Å². The number of nitrogens with one attached hydrogen (secondary N) is 1. The monoisotopic (exact) mass is 421 g/mol. The molecule has 0 aliphatic heterocycles. The van der Waals surface area contributed by atoms with E-state index in [1.54, 1.807) is 7.11 Å². The minimum Gasteiger partial charge on any atom is -0.496 e. The van der Waals surface area contributed by atoms with Crippen LogP contribution in [0.4, 0.5) is 0 Å². The van der Waals surface area contributed by atoms with Gasteiger partial charge < -0.3 is 14.8 Å². The third-order valence-electron chi connectivity index (χ3n) is 3.05. The van der Waals surface area contributed by atoms with Gasteiger partial charge in [0.1, 0.15) is 11.5 Å². The Morgan fingerprint density at radius 1 is 1.10 bits per heavy atom. The molecule has 1 N–H and O–H groups in total. The van der Waals surface area contributed by atoms with Gasteiger partial charge in [-0.1, -0.05) is 13.8 Å². The fourth-order valence-electron chi connectivity index (χ4n) is 1.94. The Hall–Kier alpha value is -0.260. The molecule has 3 nitrogen and oxygen atoms in total. The fraction of sp³-hybridized carbons (Fsp3) is 0.625. The Morgan fingerprint density at radius 2 is 1.71 bits per heavy atom. The average Bonchev–Trinajstić information content (AvgIpc) is 2.41. The first kappa shape index (κ1) is 18.8. The Balaban J connectivity index is 2.41. The third-order valence-corrected chi connectivity index (χ3v) is 4.29. The predicted octanol–water partition coefficient (Wildman–Crippen LogP) is 5.01. The lowest BCUT2D eigenvalue weighted by molar-refractivity contribution is 0.205. The molecule has 0 aliphatic carbocycles. The standard InChI is InChI=1S/C16H25Br2NO2/c1-11(2)10-19-7-5-6-12(3)21-16-9-13(17)15(20-4)8-14(16)18/h8-9,11-12,19H,5-7,10H2,1-4H3. The van der Waals surface area contributed by atoms with Crippen LogP contribution in [0.25, 0.3) is 0 Å². The maximum absolute atomic E-state index is 5.99. The number of ether oxygens (including phenoxy) is 2. The van der Waals surface area contributed by atoms with E-state index in [4.69, 9.17) is 9.47 Å². The second-order valence-electron chi connectivity index (χ2n) is 5.59.